The number of nitrogens with zero attached hydrogens (tertiary/aromatic N) is 2. The van der Waals surface area contributed by atoms with E-state index in [2.05, 4.69) is 0 Å². The van der Waals surface area contributed by atoms with Crippen molar-refractivity contribution < 1.29 is 24.0 Å². The highest BCUT2D eigenvalue weighted by atomic mass is 35.5. The molecule has 1 heterocycles. The number of carbonyl (C=O) groups excluding carboxylic acids is 3. The van der Waals surface area contributed by atoms with Gasteiger partial charge in [0, 0.05) is 16.6 Å². The third kappa shape index (κ3) is 4.00. The number of carbonyl (C=O) groups is 3. The number of hydrogen-bond acceptors (Lipinski definition) is 4. The lowest BCUT2D eigenvalue weighted by Crippen LogP contribution is -3.09. The van der Waals surface area contributed by atoms with Gasteiger partial charge >= 0.3 is 17.8 Å². The van der Waals surface area contributed by atoms with Crippen molar-refractivity contribution in [3.63, 3.8) is 0 Å². The van der Waals surface area contributed by atoms with Crippen molar-refractivity contribution in [1.82, 2.24) is 9.80 Å². The van der Waals surface area contributed by atoms with Crippen LogP contribution in [0.2, 0.25) is 5.02 Å². The Hall–Kier alpha value is -2.12. The number of ether oxygens (including phenoxy) is 1. The predicted molar refractivity (Wildman–Crippen MR) is 104 cm³/mol. The molecule has 1 aromatic carbocycles. The summed E-state index contributed by atoms with van der Waals surface area (Å²) in [5, 5.41) is 0.588. The third-order valence-electron chi connectivity index (χ3n) is 5.64. The Labute approximate surface area is 170 Å². The van der Waals surface area contributed by atoms with Gasteiger partial charge in [0.25, 0.3) is 0 Å². The number of rotatable bonds is 6. The fourth-order valence-electron chi connectivity index (χ4n) is 4.17. The molecule has 1 N–H and O–H groups in total. The predicted octanol–water partition coefficient (Wildman–Crippen LogP) is 1.69. The number of halogens is 1. The Morgan fingerprint density at radius 2 is 1.89 bits per heavy atom. The van der Waals surface area contributed by atoms with Gasteiger partial charge in [-0.3, -0.25) is 14.5 Å². The number of urea groups is 1. The van der Waals surface area contributed by atoms with Gasteiger partial charge in [-0.2, -0.15) is 0 Å². The van der Waals surface area contributed by atoms with Crippen molar-refractivity contribution in [2.75, 3.05) is 20.8 Å². The van der Waals surface area contributed by atoms with E-state index in [1.54, 1.807) is 25.3 Å². The number of benzene rings is 1. The summed E-state index contributed by atoms with van der Waals surface area (Å²) in [5.74, 6) is -0.524. The molecule has 28 heavy (non-hydrogen) atoms. The summed E-state index contributed by atoms with van der Waals surface area (Å²) >= 11 is 6.08. The molecule has 0 radical (unpaired) electrons. The van der Waals surface area contributed by atoms with Gasteiger partial charge in [0.15, 0.2) is 6.67 Å². The maximum absolute atomic E-state index is 12.9. The second-order valence-corrected chi connectivity index (χ2v) is 8.20. The Morgan fingerprint density at radius 3 is 2.57 bits per heavy atom. The van der Waals surface area contributed by atoms with Crippen LogP contribution >= 0.6 is 11.6 Å². The standard InChI is InChI=1S/C20H26ClN3O4/c1-13-6-4-5-7-16(13)24-19(26)18(25)23(20(24)27)12-22(2)11-14-10-15(21)8-9-17(14)28-3/h8-10,13,16H,4-7,11-12H2,1-3H3/p+1/t13-,16+/m1/s1. The number of methoxy groups -OCH3 is 1. The van der Waals surface area contributed by atoms with Crippen molar-refractivity contribution in [2.24, 2.45) is 5.92 Å². The molecule has 2 fully saturated rings. The molecular formula is C20H27ClN3O4+. The van der Waals surface area contributed by atoms with E-state index in [0.29, 0.717) is 17.3 Å². The van der Waals surface area contributed by atoms with Crippen molar-refractivity contribution in [2.45, 2.75) is 45.2 Å². The highest BCUT2D eigenvalue weighted by Crippen LogP contribution is 2.31. The number of amides is 4. The smallest absolute Gasteiger partial charge is 0.338 e. The van der Waals surface area contributed by atoms with Crippen LogP contribution in [0.3, 0.4) is 0 Å². The van der Waals surface area contributed by atoms with E-state index < -0.39 is 17.8 Å². The summed E-state index contributed by atoms with van der Waals surface area (Å²) < 4.78 is 5.36. The van der Waals surface area contributed by atoms with Crippen LogP contribution in [0.5, 0.6) is 5.75 Å². The minimum atomic E-state index is -0.736. The second kappa shape index (κ2) is 8.49. The van der Waals surface area contributed by atoms with E-state index in [0.717, 1.165) is 41.0 Å². The van der Waals surface area contributed by atoms with Gasteiger partial charge in [0.05, 0.1) is 14.2 Å². The Morgan fingerprint density at radius 1 is 1.18 bits per heavy atom. The molecule has 1 unspecified atom stereocenters. The first-order valence-corrected chi connectivity index (χ1v) is 10.0. The van der Waals surface area contributed by atoms with Crippen molar-refractivity contribution >= 4 is 29.4 Å². The van der Waals surface area contributed by atoms with Crippen molar-refractivity contribution in [3.8, 4) is 5.75 Å². The number of quaternary nitrogens is 1. The fraction of sp³-hybridized carbons (Fsp3) is 0.550. The summed E-state index contributed by atoms with van der Waals surface area (Å²) in [6.45, 7) is 2.64. The highest BCUT2D eigenvalue weighted by Gasteiger charge is 2.50. The van der Waals surface area contributed by atoms with Gasteiger partial charge < -0.3 is 9.64 Å². The van der Waals surface area contributed by atoms with E-state index >= 15 is 0 Å². The van der Waals surface area contributed by atoms with E-state index in [1.807, 2.05) is 14.0 Å². The lowest BCUT2D eigenvalue weighted by Gasteiger charge is -2.34. The summed E-state index contributed by atoms with van der Waals surface area (Å²) in [7, 11) is 3.44. The van der Waals surface area contributed by atoms with E-state index in [4.69, 9.17) is 16.3 Å². The molecule has 7 nitrogen and oxygen atoms in total. The maximum atomic E-state index is 12.9. The normalized spacial score (nSPS) is 24.1. The molecule has 8 heteroatoms. The maximum Gasteiger partial charge on any atom is 0.338 e. The number of imide groups is 2. The van der Waals surface area contributed by atoms with Crippen molar-refractivity contribution in [3.05, 3.63) is 28.8 Å². The topological polar surface area (TPSA) is 71.4 Å². The summed E-state index contributed by atoms with van der Waals surface area (Å²) in [4.78, 5) is 41.0. The highest BCUT2D eigenvalue weighted by molar-refractivity contribution is 6.44. The van der Waals surface area contributed by atoms with Crippen LogP contribution in [0.1, 0.15) is 38.2 Å². The Balaban J connectivity index is 1.71. The first kappa shape index (κ1) is 20.6. The largest absolute Gasteiger partial charge is 0.496 e. The minimum absolute atomic E-state index is 0.108. The van der Waals surface area contributed by atoms with E-state index in [-0.39, 0.29) is 18.6 Å². The summed E-state index contributed by atoms with van der Waals surface area (Å²) in [6, 6.07) is 4.65. The molecule has 1 aromatic rings. The lowest BCUT2D eigenvalue weighted by atomic mass is 9.85. The number of nitrogens with one attached hydrogen (secondary N) is 1. The van der Waals surface area contributed by atoms with Crippen LogP contribution in [0.25, 0.3) is 0 Å². The first-order valence-electron chi connectivity index (χ1n) is 9.66. The molecular weight excluding hydrogens is 382 g/mol. The van der Waals surface area contributed by atoms with Gasteiger partial charge in [-0.25, -0.2) is 9.69 Å². The quantitative estimate of drug-likeness (QED) is 0.574. The average Bonchev–Trinajstić information content (AvgIpc) is 2.86. The van der Waals surface area contributed by atoms with E-state index in [1.165, 1.54) is 4.90 Å². The average molecular weight is 409 g/mol. The van der Waals surface area contributed by atoms with Crippen LogP contribution in [0, 0.1) is 5.92 Å². The van der Waals surface area contributed by atoms with Gasteiger partial charge in [-0.1, -0.05) is 31.4 Å². The van der Waals surface area contributed by atoms with Crippen LogP contribution < -0.4 is 9.64 Å². The molecule has 0 spiro atoms. The Bertz CT molecular complexity index is 785. The van der Waals surface area contributed by atoms with Gasteiger partial charge in [-0.15, -0.1) is 0 Å². The van der Waals surface area contributed by atoms with Gasteiger partial charge in [0.2, 0.25) is 0 Å². The molecule has 1 aliphatic carbocycles. The van der Waals surface area contributed by atoms with Gasteiger partial charge in [-0.05, 0) is 37.0 Å². The zero-order valence-electron chi connectivity index (χ0n) is 16.5. The monoisotopic (exact) mass is 408 g/mol. The zero-order chi connectivity index (χ0) is 20.4. The van der Waals surface area contributed by atoms with Gasteiger partial charge in [0.1, 0.15) is 12.3 Å². The lowest BCUT2D eigenvalue weighted by molar-refractivity contribution is -0.901. The molecule has 1 aliphatic heterocycles. The molecule has 1 saturated carbocycles. The molecule has 0 bridgehead atoms. The summed E-state index contributed by atoms with van der Waals surface area (Å²) in [5.41, 5.74) is 0.871. The zero-order valence-corrected chi connectivity index (χ0v) is 17.3. The van der Waals surface area contributed by atoms with E-state index in [9.17, 15) is 14.4 Å². The molecule has 4 amide bonds. The minimum Gasteiger partial charge on any atom is -0.496 e. The molecule has 3 atom stereocenters. The molecule has 0 aromatic heterocycles. The van der Waals surface area contributed by atoms with Crippen molar-refractivity contribution in [1.29, 1.82) is 0 Å². The molecule has 152 valence electrons. The molecule has 2 aliphatic rings. The number of hydrogen-bond donors (Lipinski definition) is 1. The molecule has 3 rings (SSSR count). The third-order valence-corrected chi connectivity index (χ3v) is 5.88. The van der Waals surface area contributed by atoms with Crippen LogP contribution in [-0.2, 0) is 16.1 Å². The summed E-state index contributed by atoms with van der Waals surface area (Å²) in [6.07, 6.45) is 3.80. The molecule has 1 saturated heterocycles. The Kier molecular flexibility index (Phi) is 6.25. The first-order chi connectivity index (χ1) is 13.3. The van der Waals surface area contributed by atoms with Crippen LogP contribution in [0.15, 0.2) is 18.2 Å². The SMILES string of the molecule is COc1ccc(Cl)cc1C[NH+](C)CN1C(=O)C(=O)N([C@H]2CCCC[C@H]2C)C1=O. The van der Waals surface area contributed by atoms with Crippen LogP contribution in [0.4, 0.5) is 4.79 Å². The fourth-order valence-corrected chi connectivity index (χ4v) is 4.37. The van der Waals surface area contributed by atoms with Crippen LogP contribution in [-0.4, -0.2) is 54.5 Å². The second-order valence-electron chi connectivity index (χ2n) is 7.77.